The molecule has 0 unspecified atom stereocenters. The Morgan fingerprint density at radius 2 is 1.64 bits per heavy atom. The van der Waals surface area contributed by atoms with Crippen LogP contribution >= 0.6 is 11.3 Å². The molecule has 0 aromatic carbocycles. The molecule has 25 heavy (non-hydrogen) atoms. The number of hydrogen-bond acceptors (Lipinski definition) is 4. The van der Waals surface area contributed by atoms with Gasteiger partial charge < -0.3 is 0 Å². The van der Waals surface area contributed by atoms with Crippen molar-refractivity contribution >= 4 is 27.8 Å². The van der Waals surface area contributed by atoms with Gasteiger partial charge in [-0.15, -0.1) is 11.3 Å². The van der Waals surface area contributed by atoms with Crippen LogP contribution in [0.3, 0.4) is 0 Å². The summed E-state index contributed by atoms with van der Waals surface area (Å²) in [6, 6.07) is 0. The Morgan fingerprint density at radius 3 is 2.12 bits per heavy atom. The maximum atomic E-state index is 12.6. The van der Waals surface area contributed by atoms with Crippen molar-refractivity contribution in [3.05, 3.63) is 31.3 Å². The molecule has 0 amide bonds. The van der Waals surface area contributed by atoms with Crippen LogP contribution in [0.5, 0.6) is 0 Å². The fourth-order valence-electron chi connectivity index (χ4n) is 2.28. The van der Waals surface area contributed by atoms with E-state index in [4.69, 9.17) is 0 Å². The van der Waals surface area contributed by atoms with Crippen LogP contribution in [-0.2, 0) is 13.1 Å². The molecule has 0 saturated carbocycles. The molecule has 2 aromatic heterocycles. The Labute approximate surface area is 139 Å². The Morgan fingerprint density at radius 1 is 1.04 bits per heavy atom. The second-order valence-corrected chi connectivity index (χ2v) is 6.23. The molecule has 2 rings (SSSR count). The zero-order chi connectivity index (χ0) is 19.2. The minimum atomic E-state index is -4.92. The standard InChI is InChI=1S/C13H10F6N2O3S/c1-6-7(4-22)25-10-8(6)9(23)21(5-13(17,18)19)11(24)20(10)3-2-12(14,15)16/h4H,2-3,5H2,1H3. The minimum absolute atomic E-state index is 0.0247. The van der Waals surface area contributed by atoms with E-state index >= 15 is 0 Å². The smallest absolute Gasteiger partial charge is 0.297 e. The van der Waals surface area contributed by atoms with Crippen molar-refractivity contribution in [2.24, 2.45) is 0 Å². The van der Waals surface area contributed by atoms with Crippen molar-refractivity contribution in [1.82, 2.24) is 9.13 Å². The first-order chi connectivity index (χ1) is 11.4. The van der Waals surface area contributed by atoms with Crippen LogP contribution in [0.1, 0.15) is 21.7 Å². The van der Waals surface area contributed by atoms with E-state index in [0.717, 1.165) is 0 Å². The molecule has 0 aliphatic carbocycles. The molecule has 138 valence electrons. The molecule has 0 atom stereocenters. The van der Waals surface area contributed by atoms with Crippen LogP contribution in [0.4, 0.5) is 26.3 Å². The fraction of sp³-hybridized carbons (Fsp3) is 0.462. The molecule has 0 N–H and O–H groups in total. The van der Waals surface area contributed by atoms with E-state index in [1.165, 1.54) is 6.92 Å². The van der Waals surface area contributed by atoms with E-state index in [2.05, 4.69) is 0 Å². The molecule has 0 spiro atoms. The van der Waals surface area contributed by atoms with Gasteiger partial charge in [0, 0.05) is 6.54 Å². The van der Waals surface area contributed by atoms with Gasteiger partial charge in [-0.3, -0.25) is 18.7 Å². The number of halogens is 6. The third-order valence-electron chi connectivity index (χ3n) is 3.39. The Hall–Kier alpha value is -2.11. The maximum Gasteiger partial charge on any atom is 0.406 e. The normalized spacial score (nSPS) is 12.8. The molecular weight excluding hydrogens is 378 g/mol. The summed E-state index contributed by atoms with van der Waals surface area (Å²) in [5.74, 6) is 0. The van der Waals surface area contributed by atoms with Gasteiger partial charge in [0.15, 0.2) is 6.29 Å². The second-order valence-electron chi connectivity index (χ2n) is 5.20. The number of alkyl halides is 6. The summed E-state index contributed by atoms with van der Waals surface area (Å²) in [4.78, 5) is 35.1. The summed E-state index contributed by atoms with van der Waals surface area (Å²) in [5, 5.41) is -0.363. The van der Waals surface area contributed by atoms with Crippen molar-refractivity contribution in [2.75, 3.05) is 0 Å². The van der Waals surface area contributed by atoms with E-state index in [0.29, 0.717) is 22.2 Å². The van der Waals surface area contributed by atoms with Crippen LogP contribution in [0.25, 0.3) is 10.2 Å². The summed E-state index contributed by atoms with van der Waals surface area (Å²) in [6.07, 6.45) is -10.7. The lowest BCUT2D eigenvalue weighted by molar-refractivity contribution is -0.143. The molecule has 0 aliphatic rings. The van der Waals surface area contributed by atoms with Crippen molar-refractivity contribution in [2.45, 2.75) is 38.8 Å². The van der Waals surface area contributed by atoms with Gasteiger partial charge in [0.1, 0.15) is 11.4 Å². The first-order valence-corrected chi connectivity index (χ1v) is 7.53. The third kappa shape index (κ3) is 3.94. The lowest BCUT2D eigenvalue weighted by Gasteiger charge is -2.14. The maximum absolute atomic E-state index is 12.6. The largest absolute Gasteiger partial charge is 0.406 e. The van der Waals surface area contributed by atoms with Crippen molar-refractivity contribution in [3.63, 3.8) is 0 Å². The first kappa shape index (κ1) is 19.2. The van der Waals surface area contributed by atoms with E-state index < -0.39 is 43.1 Å². The van der Waals surface area contributed by atoms with Crippen LogP contribution in [-0.4, -0.2) is 27.8 Å². The molecular formula is C13H10F6N2O3S. The number of carbonyl (C=O) groups is 1. The Kier molecular flexibility index (Phi) is 4.86. The topological polar surface area (TPSA) is 61.1 Å². The van der Waals surface area contributed by atoms with E-state index in [-0.39, 0.29) is 25.2 Å². The highest BCUT2D eigenvalue weighted by Gasteiger charge is 2.33. The van der Waals surface area contributed by atoms with Crippen LogP contribution in [0.2, 0.25) is 0 Å². The van der Waals surface area contributed by atoms with E-state index in [9.17, 15) is 40.7 Å². The number of thiophene rings is 1. The summed E-state index contributed by atoms with van der Waals surface area (Å²) in [6.45, 7) is -1.62. The molecule has 2 aromatic rings. The third-order valence-corrected chi connectivity index (χ3v) is 4.63. The van der Waals surface area contributed by atoms with Crippen LogP contribution in [0, 0.1) is 6.92 Å². The zero-order valence-corrected chi connectivity index (χ0v) is 13.3. The van der Waals surface area contributed by atoms with Gasteiger partial charge >= 0.3 is 18.0 Å². The van der Waals surface area contributed by atoms with Gasteiger partial charge in [-0.25, -0.2) is 4.79 Å². The molecule has 0 aliphatic heterocycles. The number of carbonyl (C=O) groups excluding carboxylic acids is 1. The van der Waals surface area contributed by atoms with Crippen molar-refractivity contribution in [3.8, 4) is 0 Å². The molecule has 0 saturated heterocycles. The summed E-state index contributed by atoms with van der Waals surface area (Å²) in [5.41, 5.74) is -2.77. The Balaban J connectivity index is 2.82. The number of nitrogens with zero attached hydrogens (tertiary/aromatic N) is 2. The van der Waals surface area contributed by atoms with Gasteiger partial charge in [0.25, 0.3) is 5.56 Å². The first-order valence-electron chi connectivity index (χ1n) is 6.71. The number of hydrogen-bond donors (Lipinski definition) is 0. The van der Waals surface area contributed by atoms with Crippen molar-refractivity contribution < 1.29 is 31.1 Å². The number of aryl methyl sites for hydroxylation is 2. The van der Waals surface area contributed by atoms with E-state index in [1.807, 2.05) is 0 Å². The quantitative estimate of drug-likeness (QED) is 0.598. The number of fused-ring (bicyclic) bond motifs is 1. The van der Waals surface area contributed by atoms with Gasteiger partial charge in [0.2, 0.25) is 0 Å². The summed E-state index contributed by atoms with van der Waals surface area (Å²) in [7, 11) is 0. The van der Waals surface area contributed by atoms with Crippen LogP contribution < -0.4 is 11.2 Å². The minimum Gasteiger partial charge on any atom is -0.297 e. The fourth-order valence-corrected chi connectivity index (χ4v) is 3.41. The lowest BCUT2D eigenvalue weighted by atomic mass is 10.2. The van der Waals surface area contributed by atoms with Gasteiger partial charge in [-0.05, 0) is 12.5 Å². The average Bonchev–Trinajstić information content (AvgIpc) is 2.78. The molecule has 0 radical (unpaired) electrons. The predicted octanol–water partition coefficient (Wildman–Crippen LogP) is 2.86. The Bertz CT molecular complexity index is 935. The lowest BCUT2D eigenvalue weighted by Crippen LogP contribution is -2.43. The predicted molar refractivity (Wildman–Crippen MR) is 77.2 cm³/mol. The van der Waals surface area contributed by atoms with Gasteiger partial charge in [-0.1, -0.05) is 0 Å². The monoisotopic (exact) mass is 388 g/mol. The van der Waals surface area contributed by atoms with Crippen LogP contribution in [0.15, 0.2) is 9.59 Å². The number of aldehydes is 1. The summed E-state index contributed by atoms with van der Waals surface area (Å²) >= 11 is 0.589. The van der Waals surface area contributed by atoms with E-state index in [1.54, 1.807) is 0 Å². The van der Waals surface area contributed by atoms with Gasteiger partial charge in [0.05, 0.1) is 16.7 Å². The SMILES string of the molecule is Cc1c(C=O)sc2c1c(=O)n(CC(F)(F)F)c(=O)n2CCC(F)(F)F. The number of aromatic nitrogens is 2. The molecule has 0 bridgehead atoms. The second kappa shape index (κ2) is 6.32. The molecule has 12 heteroatoms. The zero-order valence-electron chi connectivity index (χ0n) is 12.5. The highest BCUT2D eigenvalue weighted by Crippen LogP contribution is 2.28. The highest BCUT2D eigenvalue weighted by molar-refractivity contribution is 7.20. The molecule has 0 fully saturated rings. The molecule has 5 nitrogen and oxygen atoms in total. The number of rotatable bonds is 4. The molecule has 2 heterocycles. The highest BCUT2D eigenvalue weighted by atomic mass is 32.1. The van der Waals surface area contributed by atoms with Gasteiger partial charge in [-0.2, -0.15) is 26.3 Å². The van der Waals surface area contributed by atoms with Crippen molar-refractivity contribution in [1.29, 1.82) is 0 Å². The average molecular weight is 388 g/mol. The summed E-state index contributed by atoms with van der Waals surface area (Å²) < 4.78 is 75.6.